The second-order valence-electron chi connectivity index (χ2n) is 4.96. The number of hydrogen-bond donors (Lipinski definition) is 2. The Hall–Kier alpha value is -1.10. The van der Waals surface area contributed by atoms with Crippen LogP contribution in [-0.4, -0.2) is 32.5 Å². The maximum absolute atomic E-state index is 8.74. The zero-order valence-corrected chi connectivity index (χ0v) is 12.8. The molecular formula is C16H27NO3. The Kier molecular flexibility index (Phi) is 8.26. The number of benzene rings is 1. The van der Waals surface area contributed by atoms with Gasteiger partial charge in [-0.3, -0.25) is 0 Å². The van der Waals surface area contributed by atoms with Crippen LogP contribution in [0, 0.1) is 0 Å². The van der Waals surface area contributed by atoms with Crippen molar-refractivity contribution in [1.29, 1.82) is 0 Å². The first-order chi connectivity index (χ1) is 9.72. The van der Waals surface area contributed by atoms with E-state index >= 15 is 0 Å². The van der Waals surface area contributed by atoms with Gasteiger partial charge in [0.05, 0.1) is 13.7 Å². The predicted octanol–water partition coefficient (Wildman–Crippen LogP) is 2.65. The third kappa shape index (κ3) is 5.49. The van der Waals surface area contributed by atoms with Gasteiger partial charge in [0.1, 0.15) is 5.75 Å². The number of hydrogen-bond acceptors (Lipinski definition) is 4. The molecule has 4 heteroatoms. The molecule has 0 radical (unpaired) electrons. The molecule has 1 atom stereocenters. The van der Waals surface area contributed by atoms with E-state index in [2.05, 4.69) is 24.4 Å². The molecule has 2 N–H and O–H groups in total. The Morgan fingerprint density at radius 1 is 1.20 bits per heavy atom. The van der Waals surface area contributed by atoms with Crippen molar-refractivity contribution >= 4 is 0 Å². The molecule has 0 aromatic heterocycles. The highest BCUT2D eigenvalue weighted by molar-refractivity contribution is 5.38. The summed E-state index contributed by atoms with van der Waals surface area (Å²) in [6, 6.07) is 6.51. The van der Waals surface area contributed by atoms with Gasteiger partial charge in [0.15, 0.2) is 0 Å². The molecule has 0 bridgehead atoms. The number of ether oxygens (including phenoxy) is 2. The summed E-state index contributed by atoms with van der Waals surface area (Å²) in [5.74, 6) is 0.866. The van der Waals surface area contributed by atoms with Crippen LogP contribution in [-0.2, 0) is 11.3 Å². The van der Waals surface area contributed by atoms with Gasteiger partial charge in [-0.1, -0.05) is 6.07 Å². The summed E-state index contributed by atoms with van der Waals surface area (Å²) in [7, 11) is 3.37. The van der Waals surface area contributed by atoms with Crippen molar-refractivity contribution in [2.45, 2.75) is 38.8 Å². The van der Waals surface area contributed by atoms with Crippen molar-refractivity contribution in [3.63, 3.8) is 0 Å². The molecule has 0 fully saturated rings. The molecule has 0 aliphatic heterocycles. The minimum Gasteiger partial charge on any atom is -0.496 e. The van der Waals surface area contributed by atoms with Crippen molar-refractivity contribution < 1.29 is 14.6 Å². The molecule has 0 saturated heterocycles. The van der Waals surface area contributed by atoms with Crippen LogP contribution >= 0.6 is 0 Å². The molecule has 1 rings (SSSR count). The number of methoxy groups -OCH3 is 2. The highest BCUT2D eigenvalue weighted by atomic mass is 16.5. The Morgan fingerprint density at radius 2 is 2.00 bits per heavy atom. The highest BCUT2D eigenvalue weighted by Crippen LogP contribution is 2.24. The van der Waals surface area contributed by atoms with E-state index in [1.54, 1.807) is 14.2 Å². The molecule has 1 aromatic rings. The average molecular weight is 281 g/mol. The van der Waals surface area contributed by atoms with E-state index in [1.807, 2.05) is 6.07 Å². The normalized spacial score (nSPS) is 12.4. The molecule has 0 aliphatic carbocycles. The molecule has 114 valence electrons. The van der Waals surface area contributed by atoms with E-state index in [0.29, 0.717) is 12.6 Å². The standard InChI is InChI=1S/C16H27NO3/c1-13(17-9-5-4-6-10-18)14-7-8-16(20-3)15(11-14)12-19-2/h7-8,11,13,17-18H,4-6,9-10,12H2,1-3H3. The summed E-state index contributed by atoms with van der Waals surface area (Å²) in [5.41, 5.74) is 2.31. The number of rotatable bonds is 10. The summed E-state index contributed by atoms with van der Waals surface area (Å²) in [6.45, 7) is 3.96. The second-order valence-corrected chi connectivity index (χ2v) is 4.96. The summed E-state index contributed by atoms with van der Waals surface area (Å²) in [5, 5.41) is 12.2. The fourth-order valence-electron chi connectivity index (χ4n) is 2.19. The third-order valence-corrected chi connectivity index (χ3v) is 3.39. The summed E-state index contributed by atoms with van der Waals surface area (Å²) >= 11 is 0. The van der Waals surface area contributed by atoms with Gasteiger partial charge in [-0.25, -0.2) is 0 Å². The van der Waals surface area contributed by atoms with Crippen LogP contribution in [0.5, 0.6) is 5.75 Å². The lowest BCUT2D eigenvalue weighted by molar-refractivity contribution is 0.181. The first-order valence-electron chi connectivity index (χ1n) is 7.23. The van der Waals surface area contributed by atoms with Crippen molar-refractivity contribution in [1.82, 2.24) is 5.32 Å². The summed E-state index contributed by atoms with van der Waals surface area (Å²) in [6.07, 6.45) is 3.04. The monoisotopic (exact) mass is 281 g/mol. The van der Waals surface area contributed by atoms with E-state index < -0.39 is 0 Å². The van der Waals surface area contributed by atoms with E-state index in [4.69, 9.17) is 14.6 Å². The molecule has 0 amide bonds. The van der Waals surface area contributed by atoms with E-state index in [9.17, 15) is 0 Å². The van der Waals surface area contributed by atoms with Crippen LogP contribution < -0.4 is 10.1 Å². The van der Waals surface area contributed by atoms with Crippen molar-refractivity contribution in [2.24, 2.45) is 0 Å². The number of aliphatic hydroxyl groups excluding tert-OH is 1. The minimum absolute atomic E-state index is 0.286. The lowest BCUT2D eigenvalue weighted by Gasteiger charge is -2.17. The largest absolute Gasteiger partial charge is 0.496 e. The molecule has 0 aliphatic rings. The van der Waals surface area contributed by atoms with E-state index in [-0.39, 0.29) is 6.61 Å². The van der Waals surface area contributed by atoms with Gasteiger partial charge in [-0.05, 0) is 50.4 Å². The fourth-order valence-corrected chi connectivity index (χ4v) is 2.19. The zero-order valence-electron chi connectivity index (χ0n) is 12.8. The van der Waals surface area contributed by atoms with Crippen LogP contribution in [0.3, 0.4) is 0 Å². The highest BCUT2D eigenvalue weighted by Gasteiger charge is 2.09. The molecule has 4 nitrogen and oxygen atoms in total. The predicted molar refractivity (Wildman–Crippen MR) is 81.1 cm³/mol. The Labute approximate surface area is 122 Å². The second kappa shape index (κ2) is 9.75. The topological polar surface area (TPSA) is 50.7 Å². The molecule has 0 spiro atoms. The first-order valence-corrected chi connectivity index (χ1v) is 7.23. The van der Waals surface area contributed by atoms with Crippen molar-refractivity contribution in [3.8, 4) is 5.75 Å². The number of unbranched alkanes of at least 4 members (excludes halogenated alkanes) is 2. The quantitative estimate of drug-likeness (QED) is 0.647. The first kappa shape index (κ1) is 17.0. The van der Waals surface area contributed by atoms with Gasteiger partial charge in [0.25, 0.3) is 0 Å². The van der Waals surface area contributed by atoms with Crippen molar-refractivity contribution in [3.05, 3.63) is 29.3 Å². The van der Waals surface area contributed by atoms with Crippen LogP contribution in [0.2, 0.25) is 0 Å². The average Bonchev–Trinajstić information content (AvgIpc) is 2.47. The van der Waals surface area contributed by atoms with Crippen molar-refractivity contribution in [2.75, 3.05) is 27.4 Å². The summed E-state index contributed by atoms with van der Waals surface area (Å²) < 4.78 is 10.5. The lowest BCUT2D eigenvalue weighted by atomic mass is 10.0. The van der Waals surface area contributed by atoms with Gasteiger partial charge >= 0.3 is 0 Å². The van der Waals surface area contributed by atoms with Gasteiger partial charge in [-0.2, -0.15) is 0 Å². The van der Waals surface area contributed by atoms with Crippen LogP contribution in [0.25, 0.3) is 0 Å². The molecule has 0 heterocycles. The van der Waals surface area contributed by atoms with Crippen LogP contribution in [0.1, 0.15) is 43.4 Å². The lowest BCUT2D eigenvalue weighted by Crippen LogP contribution is -2.20. The molecule has 1 aromatic carbocycles. The fraction of sp³-hybridized carbons (Fsp3) is 0.625. The van der Waals surface area contributed by atoms with Gasteiger partial charge < -0.3 is 19.9 Å². The Morgan fingerprint density at radius 3 is 2.65 bits per heavy atom. The smallest absolute Gasteiger partial charge is 0.124 e. The third-order valence-electron chi connectivity index (χ3n) is 3.39. The molecule has 20 heavy (non-hydrogen) atoms. The Balaban J connectivity index is 2.54. The van der Waals surface area contributed by atoms with Gasteiger partial charge in [-0.15, -0.1) is 0 Å². The maximum Gasteiger partial charge on any atom is 0.124 e. The molecular weight excluding hydrogens is 254 g/mol. The molecule has 0 saturated carbocycles. The van der Waals surface area contributed by atoms with Crippen LogP contribution in [0.4, 0.5) is 0 Å². The summed E-state index contributed by atoms with van der Waals surface area (Å²) in [4.78, 5) is 0. The number of aliphatic hydroxyl groups is 1. The SMILES string of the molecule is COCc1cc(C(C)NCCCCCO)ccc1OC. The van der Waals surface area contributed by atoms with Gasteiger partial charge in [0, 0.05) is 25.3 Å². The van der Waals surface area contributed by atoms with Crippen LogP contribution in [0.15, 0.2) is 18.2 Å². The van der Waals surface area contributed by atoms with Gasteiger partial charge in [0.2, 0.25) is 0 Å². The Bertz CT molecular complexity index is 382. The zero-order chi connectivity index (χ0) is 14.8. The number of nitrogens with one attached hydrogen (secondary N) is 1. The van der Waals surface area contributed by atoms with E-state index in [0.717, 1.165) is 37.1 Å². The molecule has 1 unspecified atom stereocenters. The minimum atomic E-state index is 0.286. The van der Waals surface area contributed by atoms with E-state index in [1.165, 1.54) is 5.56 Å². The maximum atomic E-state index is 8.74.